The molecule has 0 saturated carbocycles. The second kappa shape index (κ2) is 11.1. The molecule has 0 aromatic heterocycles. The first-order valence-corrected chi connectivity index (χ1v) is 5.23. The molecule has 0 rings (SSSR count). The van der Waals surface area contributed by atoms with Gasteiger partial charge in [-0.1, -0.05) is 34.6 Å². The third-order valence-electron chi connectivity index (χ3n) is 1.79. The lowest BCUT2D eigenvalue weighted by molar-refractivity contribution is 0.540. The molecular formula is C12H21F2N. The highest BCUT2D eigenvalue weighted by molar-refractivity contribution is 5.61. The summed E-state index contributed by atoms with van der Waals surface area (Å²) in [5.41, 5.74) is 0. The molecule has 0 N–H and O–H groups in total. The first kappa shape index (κ1) is 16.4. The predicted molar refractivity (Wildman–Crippen MR) is 63.3 cm³/mol. The van der Waals surface area contributed by atoms with E-state index in [0.717, 1.165) is 12.3 Å². The summed E-state index contributed by atoms with van der Waals surface area (Å²) in [5, 5.41) is 0. The first-order chi connectivity index (χ1) is 7.07. The summed E-state index contributed by atoms with van der Waals surface area (Å²) in [5.74, 6) is 0.0741. The Balaban J connectivity index is 0. The van der Waals surface area contributed by atoms with Gasteiger partial charge in [0.1, 0.15) is 5.83 Å². The van der Waals surface area contributed by atoms with Crippen LogP contribution in [0.15, 0.2) is 29.4 Å². The molecule has 0 aromatic rings. The Labute approximate surface area is 91.6 Å². The normalized spacial score (nSPS) is 14.5. The highest BCUT2D eigenvalue weighted by atomic mass is 19.1. The Kier molecular flexibility index (Phi) is 12.2. The van der Waals surface area contributed by atoms with E-state index in [-0.39, 0.29) is 6.33 Å². The lowest BCUT2D eigenvalue weighted by atomic mass is 10.00. The molecule has 0 bridgehead atoms. The quantitative estimate of drug-likeness (QED) is 0.479. The Morgan fingerprint density at radius 3 is 2.13 bits per heavy atom. The summed E-state index contributed by atoms with van der Waals surface area (Å²) in [4.78, 5) is 3.73. The molecule has 0 fully saturated rings. The fraction of sp³-hybridized carbons (Fsp3) is 0.583. The maximum atomic E-state index is 12.5. The fourth-order valence-electron chi connectivity index (χ4n) is 0.525. The molecule has 1 nitrogen and oxygen atoms in total. The molecule has 0 spiro atoms. The van der Waals surface area contributed by atoms with Gasteiger partial charge in [-0.05, 0) is 11.8 Å². The zero-order chi connectivity index (χ0) is 12.3. The van der Waals surface area contributed by atoms with E-state index in [0.29, 0.717) is 11.8 Å². The average molecular weight is 217 g/mol. The van der Waals surface area contributed by atoms with Crippen molar-refractivity contribution in [3.8, 4) is 0 Å². The monoisotopic (exact) mass is 217 g/mol. The average Bonchev–Trinajstić information content (AvgIpc) is 2.21. The van der Waals surface area contributed by atoms with Crippen LogP contribution in [0.2, 0.25) is 0 Å². The maximum absolute atomic E-state index is 12.5. The van der Waals surface area contributed by atoms with E-state index in [4.69, 9.17) is 0 Å². The van der Waals surface area contributed by atoms with Crippen molar-refractivity contribution in [3.63, 3.8) is 0 Å². The van der Waals surface area contributed by atoms with Crippen molar-refractivity contribution in [1.29, 1.82) is 0 Å². The van der Waals surface area contributed by atoms with Gasteiger partial charge in [-0.15, -0.1) is 0 Å². The Bertz CT molecular complexity index is 218. The smallest absolute Gasteiger partial charge is 0.143 e. The Hall–Kier alpha value is -0.990. The van der Waals surface area contributed by atoms with Crippen molar-refractivity contribution in [3.05, 3.63) is 24.4 Å². The molecule has 0 aliphatic heterocycles. The summed E-state index contributed by atoms with van der Waals surface area (Å²) < 4.78 is 23.9. The lowest BCUT2D eigenvalue weighted by Gasteiger charge is -2.07. The minimum absolute atomic E-state index is 0.146. The SMILES string of the molecule is CC.CC(C)[C@H](C)C=N/C=C(F)\C=C\F. The van der Waals surface area contributed by atoms with E-state index in [1.165, 1.54) is 0 Å². The molecule has 0 heterocycles. The number of nitrogens with zero attached hydrogens (tertiary/aromatic N) is 1. The lowest BCUT2D eigenvalue weighted by Crippen LogP contribution is -2.04. The molecule has 0 aliphatic rings. The molecule has 0 unspecified atom stereocenters. The van der Waals surface area contributed by atoms with Gasteiger partial charge >= 0.3 is 0 Å². The molecule has 88 valence electrons. The second-order valence-corrected chi connectivity index (χ2v) is 3.21. The van der Waals surface area contributed by atoms with Crippen LogP contribution in [0.5, 0.6) is 0 Å². The van der Waals surface area contributed by atoms with Crippen LogP contribution in [-0.4, -0.2) is 6.21 Å². The largest absolute Gasteiger partial charge is 0.266 e. The van der Waals surface area contributed by atoms with Crippen LogP contribution >= 0.6 is 0 Å². The van der Waals surface area contributed by atoms with Gasteiger partial charge in [0.25, 0.3) is 0 Å². The third kappa shape index (κ3) is 10.9. The third-order valence-corrected chi connectivity index (χ3v) is 1.79. The molecule has 0 amide bonds. The standard InChI is InChI=1S/C10H15F2N.C2H6/c1-8(2)9(3)6-13-7-10(12)4-5-11;1-2/h4-9H,1-3H3;1-2H3/b5-4+,10-7+,13-6?;/t9-;/m1./s1. The number of rotatable bonds is 4. The Morgan fingerprint density at radius 1 is 1.20 bits per heavy atom. The van der Waals surface area contributed by atoms with E-state index in [1.54, 1.807) is 6.21 Å². The van der Waals surface area contributed by atoms with Gasteiger partial charge in [0.15, 0.2) is 0 Å². The summed E-state index contributed by atoms with van der Waals surface area (Å²) >= 11 is 0. The van der Waals surface area contributed by atoms with Gasteiger partial charge in [0, 0.05) is 12.3 Å². The number of aliphatic imine (C=N–C) groups is 1. The van der Waals surface area contributed by atoms with Crippen LogP contribution in [0.1, 0.15) is 34.6 Å². The molecule has 0 saturated heterocycles. The minimum atomic E-state index is -0.685. The van der Waals surface area contributed by atoms with E-state index in [1.807, 2.05) is 20.8 Å². The van der Waals surface area contributed by atoms with E-state index in [2.05, 4.69) is 18.8 Å². The van der Waals surface area contributed by atoms with Crippen molar-refractivity contribution in [1.82, 2.24) is 0 Å². The highest BCUT2D eigenvalue weighted by Crippen LogP contribution is 2.06. The number of hydrogen-bond acceptors (Lipinski definition) is 1. The number of allylic oxidation sites excluding steroid dienone is 2. The fourth-order valence-corrected chi connectivity index (χ4v) is 0.525. The van der Waals surface area contributed by atoms with Crippen molar-refractivity contribution in [2.45, 2.75) is 34.6 Å². The zero-order valence-corrected chi connectivity index (χ0v) is 10.2. The van der Waals surface area contributed by atoms with Crippen molar-refractivity contribution in [2.75, 3.05) is 0 Å². The number of hydrogen-bond donors (Lipinski definition) is 0. The van der Waals surface area contributed by atoms with Gasteiger partial charge in [0.2, 0.25) is 0 Å². The minimum Gasteiger partial charge on any atom is -0.266 e. The summed E-state index contributed by atoms with van der Waals surface area (Å²) in [7, 11) is 0. The molecule has 0 radical (unpaired) electrons. The molecule has 1 atom stereocenters. The summed E-state index contributed by atoms with van der Waals surface area (Å²) in [6, 6.07) is 0. The summed E-state index contributed by atoms with van der Waals surface area (Å²) in [6.07, 6.45) is 3.51. The number of halogens is 2. The highest BCUT2D eigenvalue weighted by Gasteiger charge is 2.01. The molecular weight excluding hydrogens is 196 g/mol. The van der Waals surface area contributed by atoms with Crippen LogP contribution in [0, 0.1) is 11.8 Å². The van der Waals surface area contributed by atoms with Gasteiger partial charge in [-0.25, -0.2) is 8.78 Å². The van der Waals surface area contributed by atoms with Gasteiger partial charge in [-0.2, -0.15) is 0 Å². The van der Waals surface area contributed by atoms with Crippen LogP contribution in [-0.2, 0) is 0 Å². The topological polar surface area (TPSA) is 12.4 Å². The molecule has 0 aromatic carbocycles. The zero-order valence-electron chi connectivity index (χ0n) is 10.2. The molecule has 15 heavy (non-hydrogen) atoms. The van der Waals surface area contributed by atoms with E-state index >= 15 is 0 Å². The van der Waals surface area contributed by atoms with Crippen LogP contribution in [0.4, 0.5) is 8.78 Å². The predicted octanol–water partition coefficient (Wildman–Crippen LogP) is 4.67. The maximum Gasteiger partial charge on any atom is 0.143 e. The van der Waals surface area contributed by atoms with Gasteiger partial charge in [0.05, 0.1) is 12.5 Å². The molecule has 0 aliphatic carbocycles. The van der Waals surface area contributed by atoms with E-state index in [9.17, 15) is 8.78 Å². The van der Waals surface area contributed by atoms with Gasteiger partial charge in [-0.3, -0.25) is 4.99 Å². The van der Waals surface area contributed by atoms with Crippen LogP contribution < -0.4 is 0 Å². The molecule has 3 heteroatoms. The van der Waals surface area contributed by atoms with Crippen molar-refractivity contribution in [2.24, 2.45) is 16.8 Å². The van der Waals surface area contributed by atoms with Crippen LogP contribution in [0.3, 0.4) is 0 Å². The summed E-state index contributed by atoms with van der Waals surface area (Å²) in [6.45, 7) is 10.1. The van der Waals surface area contributed by atoms with Crippen molar-refractivity contribution < 1.29 is 8.78 Å². The van der Waals surface area contributed by atoms with E-state index < -0.39 is 5.83 Å². The van der Waals surface area contributed by atoms with Crippen molar-refractivity contribution >= 4 is 6.21 Å². The van der Waals surface area contributed by atoms with Crippen LogP contribution in [0.25, 0.3) is 0 Å². The first-order valence-electron chi connectivity index (χ1n) is 5.23. The second-order valence-electron chi connectivity index (χ2n) is 3.21. The van der Waals surface area contributed by atoms with Gasteiger partial charge < -0.3 is 0 Å². The Morgan fingerprint density at radius 2 is 1.73 bits per heavy atom.